The molecule has 2 N–H and O–H groups in total. The molecule has 0 aromatic carbocycles. The average Bonchev–Trinajstić information content (AvgIpc) is 2.92. The second-order valence-electron chi connectivity index (χ2n) is 6.12. The zero-order valence-electron chi connectivity index (χ0n) is 14.1. The van der Waals surface area contributed by atoms with Crippen molar-refractivity contribution in [2.45, 2.75) is 39.7 Å². The van der Waals surface area contributed by atoms with E-state index in [-0.39, 0.29) is 0 Å². The summed E-state index contributed by atoms with van der Waals surface area (Å²) < 4.78 is 0. The molecule has 0 radical (unpaired) electrons. The van der Waals surface area contributed by atoms with Gasteiger partial charge in [-0.25, -0.2) is 4.98 Å². The number of guanidine groups is 1. The molecular weight excluding hydrogens is 294 g/mol. The van der Waals surface area contributed by atoms with Crippen LogP contribution in [0.25, 0.3) is 0 Å². The number of aliphatic imine (C=N–C) groups is 1. The van der Waals surface area contributed by atoms with Gasteiger partial charge in [-0.2, -0.15) is 0 Å². The molecule has 22 heavy (non-hydrogen) atoms. The van der Waals surface area contributed by atoms with E-state index >= 15 is 0 Å². The summed E-state index contributed by atoms with van der Waals surface area (Å²) in [6.45, 7) is 9.84. The van der Waals surface area contributed by atoms with Crippen LogP contribution in [0.2, 0.25) is 0 Å². The number of thiazole rings is 1. The summed E-state index contributed by atoms with van der Waals surface area (Å²) in [4.78, 5) is 12.5. The van der Waals surface area contributed by atoms with Crippen LogP contribution in [-0.4, -0.2) is 49.1 Å². The second kappa shape index (κ2) is 9.10. The Morgan fingerprint density at radius 1 is 1.50 bits per heavy atom. The third kappa shape index (κ3) is 5.93. The van der Waals surface area contributed by atoms with E-state index in [0.29, 0.717) is 0 Å². The van der Waals surface area contributed by atoms with E-state index in [4.69, 9.17) is 0 Å². The molecule has 5 nitrogen and oxygen atoms in total. The standard InChI is InChI=1S/C16H29N5S/c1-13-6-4-8-21(12-13)9-5-7-18-16(17-3)20-11-15-19-10-14(2)22-15/h10,13H,4-9,11-12H2,1-3H3,(H2,17,18,20). The molecule has 2 rings (SSSR count). The van der Waals surface area contributed by atoms with Crippen LogP contribution in [0, 0.1) is 12.8 Å². The Labute approximate surface area is 138 Å². The largest absolute Gasteiger partial charge is 0.356 e. The van der Waals surface area contributed by atoms with E-state index in [1.165, 1.54) is 37.4 Å². The Hall–Kier alpha value is -1.14. The lowest BCUT2D eigenvalue weighted by molar-refractivity contribution is 0.182. The van der Waals surface area contributed by atoms with Gasteiger partial charge in [0.2, 0.25) is 0 Å². The number of hydrogen-bond acceptors (Lipinski definition) is 4. The van der Waals surface area contributed by atoms with Crippen molar-refractivity contribution in [2.24, 2.45) is 10.9 Å². The Morgan fingerprint density at radius 3 is 3.05 bits per heavy atom. The van der Waals surface area contributed by atoms with Gasteiger partial charge in [-0.05, 0) is 45.2 Å². The van der Waals surface area contributed by atoms with Gasteiger partial charge in [0.1, 0.15) is 5.01 Å². The van der Waals surface area contributed by atoms with Gasteiger partial charge < -0.3 is 15.5 Å². The highest BCUT2D eigenvalue weighted by atomic mass is 32.1. The van der Waals surface area contributed by atoms with Crippen molar-refractivity contribution in [2.75, 3.05) is 33.2 Å². The van der Waals surface area contributed by atoms with Crippen LogP contribution >= 0.6 is 11.3 Å². The summed E-state index contributed by atoms with van der Waals surface area (Å²) in [6, 6.07) is 0. The van der Waals surface area contributed by atoms with Gasteiger partial charge in [-0.3, -0.25) is 4.99 Å². The van der Waals surface area contributed by atoms with Gasteiger partial charge >= 0.3 is 0 Å². The first kappa shape index (κ1) is 17.2. The van der Waals surface area contributed by atoms with Crippen molar-refractivity contribution in [1.82, 2.24) is 20.5 Å². The van der Waals surface area contributed by atoms with Crippen molar-refractivity contribution in [3.63, 3.8) is 0 Å². The molecule has 1 atom stereocenters. The fraction of sp³-hybridized carbons (Fsp3) is 0.750. The molecule has 1 fully saturated rings. The van der Waals surface area contributed by atoms with Crippen molar-refractivity contribution in [1.29, 1.82) is 0 Å². The predicted octanol–water partition coefficient (Wildman–Crippen LogP) is 2.24. The first-order valence-corrected chi connectivity index (χ1v) is 9.07. The zero-order valence-corrected chi connectivity index (χ0v) is 14.9. The minimum Gasteiger partial charge on any atom is -0.356 e. The number of rotatable bonds is 6. The molecule has 0 spiro atoms. The van der Waals surface area contributed by atoms with Crippen LogP contribution in [-0.2, 0) is 6.54 Å². The van der Waals surface area contributed by atoms with E-state index in [1.54, 1.807) is 11.3 Å². The molecule has 1 aromatic heterocycles. The predicted molar refractivity (Wildman–Crippen MR) is 94.5 cm³/mol. The first-order valence-electron chi connectivity index (χ1n) is 8.25. The second-order valence-corrected chi connectivity index (χ2v) is 7.44. The maximum absolute atomic E-state index is 4.35. The lowest BCUT2D eigenvalue weighted by Crippen LogP contribution is -2.39. The van der Waals surface area contributed by atoms with Crippen LogP contribution in [0.1, 0.15) is 36.1 Å². The number of aromatic nitrogens is 1. The van der Waals surface area contributed by atoms with Crippen molar-refractivity contribution < 1.29 is 0 Å². The third-order valence-corrected chi connectivity index (χ3v) is 4.90. The minimum absolute atomic E-state index is 0.738. The molecule has 6 heteroatoms. The number of piperidine rings is 1. The molecule has 1 aliphatic rings. The third-order valence-electron chi connectivity index (χ3n) is 3.98. The summed E-state index contributed by atoms with van der Waals surface area (Å²) in [5, 5.41) is 7.80. The fourth-order valence-electron chi connectivity index (χ4n) is 2.86. The summed E-state index contributed by atoms with van der Waals surface area (Å²) in [5.41, 5.74) is 0. The monoisotopic (exact) mass is 323 g/mol. The molecule has 0 aliphatic carbocycles. The summed E-state index contributed by atoms with van der Waals surface area (Å²) >= 11 is 1.72. The van der Waals surface area contributed by atoms with Gasteiger partial charge in [0.15, 0.2) is 5.96 Å². The normalized spacial score (nSPS) is 20.1. The lowest BCUT2D eigenvalue weighted by Gasteiger charge is -2.30. The summed E-state index contributed by atoms with van der Waals surface area (Å²) in [5.74, 6) is 1.72. The van der Waals surface area contributed by atoms with E-state index < -0.39 is 0 Å². The Balaban J connectivity index is 1.60. The minimum atomic E-state index is 0.738. The highest BCUT2D eigenvalue weighted by Crippen LogP contribution is 2.15. The van der Waals surface area contributed by atoms with Gasteiger partial charge in [-0.15, -0.1) is 11.3 Å². The number of likely N-dealkylation sites (tertiary alicyclic amines) is 1. The van der Waals surface area contributed by atoms with Crippen LogP contribution in [0.15, 0.2) is 11.2 Å². The summed E-state index contributed by atoms with van der Waals surface area (Å²) in [6.07, 6.45) is 5.81. The fourth-order valence-corrected chi connectivity index (χ4v) is 3.59. The molecule has 0 amide bonds. The Morgan fingerprint density at radius 2 is 2.36 bits per heavy atom. The van der Waals surface area contributed by atoms with Crippen LogP contribution in [0.3, 0.4) is 0 Å². The van der Waals surface area contributed by atoms with E-state index in [0.717, 1.165) is 36.4 Å². The SMILES string of the molecule is CN=C(NCCCN1CCCC(C)C1)NCc1ncc(C)s1. The molecule has 124 valence electrons. The van der Waals surface area contributed by atoms with Crippen LogP contribution in [0.5, 0.6) is 0 Å². The maximum atomic E-state index is 4.35. The van der Waals surface area contributed by atoms with E-state index in [9.17, 15) is 0 Å². The Bertz CT molecular complexity index is 471. The molecule has 0 bridgehead atoms. The van der Waals surface area contributed by atoms with Gasteiger partial charge in [0.05, 0.1) is 6.54 Å². The van der Waals surface area contributed by atoms with Gasteiger partial charge in [0.25, 0.3) is 0 Å². The molecule has 1 saturated heterocycles. The van der Waals surface area contributed by atoms with Gasteiger partial charge in [0, 0.05) is 31.2 Å². The molecule has 2 heterocycles. The molecule has 1 aliphatic heterocycles. The lowest BCUT2D eigenvalue weighted by atomic mass is 10.0. The van der Waals surface area contributed by atoms with Gasteiger partial charge in [-0.1, -0.05) is 6.92 Å². The number of nitrogens with zero attached hydrogens (tertiary/aromatic N) is 3. The maximum Gasteiger partial charge on any atom is 0.191 e. The van der Waals surface area contributed by atoms with E-state index in [2.05, 4.69) is 39.4 Å². The highest BCUT2D eigenvalue weighted by molar-refractivity contribution is 7.11. The molecular formula is C16H29N5S. The number of nitrogens with one attached hydrogen (secondary N) is 2. The van der Waals surface area contributed by atoms with Crippen LogP contribution < -0.4 is 10.6 Å². The zero-order chi connectivity index (χ0) is 15.8. The van der Waals surface area contributed by atoms with Crippen molar-refractivity contribution in [3.05, 3.63) is 16.1 Å². The van der Waals surface area contributed by atoms with Crippen molar-refractivity contribution in [3.8, 4) is 0 Å². The average molecular weight is 324 g/mol. The molecule has 1 unspecified atom stereocenters. The number of aryl methyl sites for hydroxylation is 1. The first-order chi connectivity index (χ1) is 10.7. The Kier molecular flexibility index (Phi) is 7.12. The molecule has 0 saturated carbocycles. The van der Waals surface area contributed by atoms with E-state index in [1.807, 2.05) is 13.2 Å². The topological polar surface area (TPSA) is 52.6 Å². The molecule has 1 aromatic rings. The van der Waals surface area contributed by atoms with Crippen LogP contribution in [0.4, 0.5) is 0 Å². The highest BCUT2D eigenvalue weighted by Gasteiger charge is 2.15. The van der Waals surface area contributed by atoms with Crippen molar-refractivity contribution >= 4 is 17.3 Å². The summed E-state index contributed by atoms with van der Waals surface area (Å²) in [7, 11) is 1.81. The quantitative estimate of drug-likeness (QED) is 0.479. The number of hydrogen-bond donors (Lipinski definition) is 2. The smallest absolute Gasteiger partial charge is 0.191 e.